The third kappa shape index (κ3) is 16.8. The second-order valence-electron chi connectivity index (χ2n) is 23.6. The second-order valence-corrected chi connectivity index (χ2v) is 23.6. The largest absolute Gasteiger partial charge is 0.212 e. The zero-order chi connectivity index (χ0) is 65.7. The maximum Gasteiger partial charge on any atom is 0.212 e. The molecule has 0 radical (unpaired) electrons. The van der Waals surface area contributed by atoms with Crippen LogP contribution >= 0.6 is 0 Å². The van der Waals surface area contributed by atoms with Gasteiger partial charge in [0.15, 0.2) is 31.0 Å². The van der Waals surface area contributed by atoms with Gasteiger partial charge >= 0.3 is 0 Å². The molecule has 0 unspecified atom stereocenters. The molecule has 446 valence electrons. The van der Waals surface area contributed by atoms with Crippen molar-refractivity contribution >= 4 is 0 Å². The van der Waals surface area contributed by atoms with E-state index < -0.39 is 12.3 Å². The molecule has 0 aliphatic carbocycles. The first kappa shape index (κ1) is 62.4. The Morgan fingerprint density at radius 2 is 0.558 bits per heavy atom. The number of benzene rings is 5. The van der Waals surface area contributed by atoms with Gasteiger partial charge in [-0.2, -0.15) is 0 Å². The summed E-state index contributed by atoms with van der Waals surface area (Å²) in [4.78, 5) is 0. The van der Waals surface area contributed by atoms with Crippen LogP contribution in [0.25, 0.3) is 56.3 Å². The Hall–Kier alpha value is -8.15. The summed E-state index contributed by atoms with van der Waals surface area (Å²) < 4.78 is 34.8. The summed E-state index contributed by atoms with van der Waals surface area (Å²) in [5, 5.41) is 0. The summed E-state index contributed by atoms with van der Waals surface area (Å²) >= 11 is 0. The molecule has 0 saturated heterocycles. The fourth-order valence-electron chi connectivity index (χ4n) is 11.5. The van der Waals surface area contributed by atoms with Crippen LogP contribution in [0, 0.1) is 69.2 Å². The molecular weight excluding hydrogens is 1040 g/mol. The van der Waals surface area contributed by atoms with Gasteiger partial charge in [0.05, 0.1) is 0 Å². The molecule has 5 aromatic carbocycles. The molecule has 0 aliphatic heterocycles. The summed E-state index contributed by atoms with van der Waals surface area (Å²) in [5.74, 6) is -0.563. The zero-order valence-corrected chi connectivity index (χ0v) is 56.2. The van der Waals surface area contributed by atoms with E-state index in [-0.39, 0.29) is 0 Å². The lowest BCUT2D eigenvalue weighted by Gasteiger charge is -2.11. The van der Waals surface area contributed by atoms with Crippen molar-refractivity contribution in [2.45, 2.75) is 142 Å². The highest BCUT2D eigenvalue weighted by Gasteiger charge is 2.20. The van der Waals surface area contributed by atoms with Gasteiger partial charge in [-0.05, 0) is 187 Å². The maximum atomic E-state index is 8.21. The van der Waals surface area contributed by atoms with Gasteiger partial charge in [0, 0.05) is 90.1 Å². The lowest BCUT2D eigenvalue weighted by atomic mass is 9.97. The van der Waals surface area contributed by atoms with E-state index in [0.29, 0.717) is 0 Å². The van der Waals surface area contributed by atoms with E-state index in [4.69, 9.17) is 4.11 Å². The number of aryl methyl sites for hydroxylation is 19. The number of nitrogens with zero attached hydrogens (tertiary/aromatic N) is 5. The quantitative estimate of drug-likeness (QED) is 0.122. The number of hydrogen-bond acceptors (Lipinski definition) is 0. The van der Waals surface area contributed by atoms with Crippen molar-refractivity contribution < 1.29 is 26.9 Å². The van der Waals surface area contributed by atoms with Crippen molar-refractivity contribution in [1.82, 2.24) is 0 Å². The van der Waals surface area contributed by atoms with Crippen LogP contribution < -0.4 is 22.8 Å². The van der Waals surface area contributed by atoms with Crippen LogP contribution in [0.15, 0.2) is 183 Å². The Bertz CT molecular complexity index is 3860. The van der Waals surface area contributed by atoms with E-state index in [1.54, 1.807) is 6.92 Å². The van der Waals surface area contributed by atoms with Gasteiger partial charge in [-0.15, -0.1) is 0 Å². The Kier molecular flexibility index (Phi) is 22.7. The van der Waals surface area contributed by atoms with Crippen molar-refractivity contribution in [2.75, 3.05) is 0 Å². The molecule has 5 aromatic heterocycles. The first-order chi connectivity index (χ1) is 42.0. The summed E-state index contributed by atoms with van der Waals surface area (Å²) in [5.41, 5.74) is 31.5. The van der Waals surface area contributed by atoms with Crippen molar-refractivity contribution in [3.8, 4) is 56.3 Å². The molecule has 0 fully saturated rings. The second kappa shape index (κ2) is 31.3. The lowest BCUT2D eigenvalue weighted by Crippen LogP contribution is -2.32. The van der Waals surface area contributed by atoms with Gasteiger partial charge in [0.25, 0.3) is 0 Å². The average molecular weight is 1150 g/mol. The molecule has 0 saturated carbocycles. The summed E-state index contributed by atoms with van der Waals surface area (Å²) in [6.45, 7) is 33.4. The van der Waals surface area contributed by atoms with Crippen molar-refractivity contribution in [3.05, 3.63) is 266 Å². The van der Waals surface area contributed by atoms with Gasteiger partial charge in [-0.3, -0.25) is 0 Å². The first-order valence-electron chi connectivity index (χ1n) is 32.3. The molecule has 0 spiro atoms. The van der Waals surface area contributed by atoms with E-state index in [1.165, 1.54) is 117 Å². The van der Waals surface area contributed by atoms with Crippen LogP contribution in [0.5, 0.6) is 0 Å². The standard InChI is InChI=1S/C17H22N.4C16H20N/c1-12(2)16-11-18(5)17(10-14(16)4)15-9-7-6-8-13(15)3;1-5-14-10-16(17(4)11-13(14)3)15-9-7-6-8-12(15)2;3*1-5-14-11-17(4)16(10-13(14)3)15-9-7-6-8-12(15)2/h6-12H,1-5H3;4*6-11H,5H2,1-4H3/q5*+1/i12D;;5D2;;. The Morgan fingerprint density at radius 1 is 0.302 bits per heavy atom. The fraction of sp³-hybridized carbons (Fsp3) is 0.321. The molecular formula is C81H102N5+5. The van der Waals surface area contributed by atoms with E-state index in [2.05, 4.69) is 294 Å². The predicted molar refractivity (Wildman–Crippen MR) is 364 cm³/mol. The number of rotatable bonds is 10. The van der Waals surface area contributed by atoms with Crippen molar-refractivity contribution in [3.63, 3.8) is 0 Å². The molecule has 10 aromatic rings. The van der Waals surface area contributed by atoms with Gasteiger partial charge in [-0.25, -0.2) is 22.8 Å². The first-order valence-corrected chi connectivity index (χ1v) is 30.8. The third-order valence-corrected chi connectivity index (χ3v) is 16.8. The molecule has 5 heterocycles. The minimum absolute atomic E-state index is 0.563. The summed E-state index contributed by atoms with van der Waals surface area (Å²) in [6.07, 6.45) is 12.7. The van der Waals surface area contributed by atoms with E-state index >= 15 is 0 Å². The maximum absolute atomic E-state index is 8.21. The Balaban J connectivity index is 0.000000177. The monoisotopic (exact) mass is 1150 g/mol. The number of pyridine rings is 5. The number of hydrogen-bond donors (Lipinski definition) is 0. The predicted octanol–water partition coefficient (Wildman–Crippen LogP) is 17.3. The Labute approximate surface area is 524 Å². The zero-order valence-electron chi connectivity index (χ0n) is 59.2. The molecule has 10 rings (SSSR count). The highest BCUT2D eigenvalue weighted by atomic mass is 14.9. The van der Waals surface area contributed by atoms with Crippen LogP contribution in [0.2, 0.25) is 0 Å². The van der Waals surface area contributed by atoms with Gasteiger partial charge in [0.2, 0.25) is 28.5 Å². The van der Waals surface area contributed by atoms with Gasteiger partial charge in [0.1, 0.15) is 35.2 Å². The van der Waals surface area contributed by atoms with Crippen molar-refractivity contribution in [1.29, 1.82) is 0 Å². The van der Waals surface area contributed by atoms with Gasteiger partial charge in [-0.1, -0.05) is 133 Å². The topological polar surface area (TPSA) is 19.4 Å². The molecule has 5 nitrogen and oxygen atoms in total. The van der Waals surface area contributed by atoms with Crippen LogP contribution in [0.4, 0.5) is 0 Å². The molecule has 0 bridgehead atoms. The molecule has 0 aliphatic rings. The minimum atomic E-state index is -1.31. The van der Waals surface area contributed by atoms with Crippen LogP contribution in [0.1, 0.15) is 135 Å². The molecule has 0 N–H and O–H groups in total. The highest BCUT2D eigenvalue weighted by Crippen LogP contribution is 2.28. The van der Waals surface area contributed by atoms with Crippen LogP contribution in [0.3, 0.4) is 0 Å². The summed E-state index contributed by atoms with van der Waals surface area (Å²) in [7, 11) is 10.4. The molecule has 5 heteroatoms. The van der Waals surface area contributed by atoms with E-state index in [1.807, 2.05) is 50.7 Å². The average Bonchev–Trinajstić information content (AvgIpc) is 1.62. The molecule has 86 heavy (non-hydrogen) atoms. The van der Waals surface area contributed by atoms with Crippen LogP contribution in [-0.4, -0.2) is 0 Å². The molecule has 0 amide bonds. The number of aromatic nitrogens is 5. The fourth-order valence-corrected chi connectivity index (χ4v) is 11.5. The van der Waals surface area contributed by atoms with Crippen molar-refractivity contribution in [2.24, 2.45) is 35.2 Å². The van der Waals surface area contributed by atoms with Gasteiger partial charge < -0.3 is 0 Å². The van der Waals surface area contributed by atoms with E-state index in [0.717, 1.165) is 41.6 Å². The lowest BCUT2D eigenvalue weighted by molar-refractivity contribution is -0.661. The SMILES string of the molecule is CCc1c[n+](C)c(-c2ccccc2C)cc1C.CCc1c[n+](C)c(-c2ccccc2C)cc1C.CCc1cc(-c2ccccc2C)[n+](C)cc1C.[2H]C(C)(C)c1c[n+](C)c(-c2ccccc2C)cc1C.[2H]C([2H])(C)c1c[n+](C)c(-c2ccccc2C)cc1C. The van der Waals surface area contributed by atoms with Crippen LogP contribution in [-0.2, 0) is 60.9 Å². The third-order valence-electron chi connectivity index (χ3n) is 16.8. The normalized spacial score (nSPS) is 11.5. The van der Waals surface area contributed by atoms with E-state index in [9.17, 15) is 0 Å². The smallest absolute Gasteiger partial charge is 0.201 e. The summed E-state index contributed by atoms with van der Waals surface area (Å²) in [6, 6.07) is 53.5. The minimum Gasteiger partial charge on any atom is -0.201 e. The molecule has 0 atom stereocenters. The Morgan fingerprint density at radius 3 is 0.849 bits per heavy atom. The highest BCUT2D eigenvalue weighted by molar-refractivity contribution is 5.65.